The molecule has 1 amide bonds. The van der Waals surface area contributed by atoms with Crippen molar-refractivity contribution in [2.75, 3.05) is 17.7 Å². The van der Waals surface area contributed by atoms with Crippen LogP contribution in [-0.2, 0) is 4.74 Å². The summed E-state index contributed by atoms with van der Waals surface area (Å²) in [7, 11) is 1.27. The van der Waals surface area contributed by atoms with E-state index in [0.29, 0.717) is 11.4 Å². The van der Waals surface area contributed by atoms with Crippen LogP contribution in [0.3, 0.4) is 0 Å². The van der Waals surface area contributed by atoms with E-state index in [9.17, 15) is 14.0 Å². The maximum Gasteiger partial charge on any atom is 0.339 e. The van der Waals surface area contributed by atoms with Gasteiger partial charge in [0.2, 0.25) is 0 Å². The highest BCUT2D eigenvalue weighted by molar-refractivity contribution is 6.08. The van der Waals surface area contributed by atoms with Gasteiger partial charge in [-0.2, -0.15) is 0 Å². The summed E-state index contributed by atoms with van der Waals surface area (Å²) in [4.78, 5) is 28.4. The highest BCUT2D eigenvalue weighted by atomic mass is 19.1. The maximum absolute atomic E-state index is 13.8. The average Bonchev–Trinajstić information content (AvgIpc) is 2.70. The second-order valence-corrected chi connectivity index (χ2v) is 5.56. The average molecular weight is 365 g/mol. The van der Waals surface area contributed by atoms with Gasteiger partial charge in [0.05, 0.1) is 41.5 Å². The van der Waals surface area contributed by atoms with Gasteiger partial charge in [-0.25, -0.2) is 9.18 Å². The molecule has 0 aliphatic carbocycles. The van der Waals surface area contributed by atoms with E-state index in [4.69, 9.17) is 4.74 Å². The molecule has 0 aliphatic heterocycles. The molecule has 0 bridgehead atoms. The molecule has 1 aromatic heterocycles. The molecule has 6 nitrogen and oxygen atoms in total. The van der Waals surface area contributed by atoms with Crippen LogP contribution in [0.15, 0.2) is 67.0 Å². The predicted molar refractivity (Wildman–Crippen MR) is 99.7 cm³/mol. The molecule has 0 radical (unpaired) electrons. The fraction of sp³-hybridized carbons (Fsp3) is 0.0500. The van der Waals surface area contributed by atoms with Crippen molar-refractivity contribution in [1.29, 1.82) is 0 Å². The van der Waals surface area contributed by atoms with Crippen LogP contribution < -0.4 is 10.6 Å². The van der Waals surface area contributed by atoms with E-state index in [2.05, 4.69) is 15.6 Å². The number of amides is 1. The fourth-order valence-corrected chi connectivity index (χ4v) is 2.43. The number of rotatable bonds is 5. The zero-order valence-corrected chi connectivity index (χ0v) is 14.4. The Labute approximate surface area is 155 Å². The van der Waals surface area contributed by atoms with E-state index in [1.807, 2.05) is 0 Å². The minimum atomic E-state index is -0.556. The van der Waals surface area contributed by atoms with Gasteiger partial charge in [-0.3, -0.25) is 9.78 Å². The SMILES string of the molecule is COC(=O)c1ccccc1NC(=O)c1cncc(Nc2ccccc2F)c1. The van der Waals surface area contributed by atoms with Crippen molar-refractivity contribution in [1.82, 2.24) is 4.98 Å². The van der Waals surface area contributed by atoms with Crippen molar-refractivity contribution in [3.8, 4) is 0 Å². The zero-order chi connectivity index (χ0) is 19.2. The predicted octanol–water partition coefficient (Wildman–Crippen LogP) is 4.00. The Morgan fingerprint density at radius 1 is 1.00 bits per heavy atom. The van der Waals surface area contributed by atoms with Crippen molar-refractivity contribution >= 4 is 28.9 Å². The standard InChI is InChI=1S/C20H16FN3O3/c1-27-20(26)15-6-2-4-8-17(15)24-19(25)13-10-14(12-22-11-13)23-18-9-5-3-7-16(18)21/h2-12,23H,1H3,(H,24,25). The molecular formula is C20H16FN3O3. The van der Waals surface area contributed by atoms with E-state index >= 15 is 0 Å². The number of esters is 1. The highest BCUT2D eigenvalue weighted by Crippen LogP contribution is 2.21. The molecule has 27 heavy (non-hydrogen) atoms. The van der Waals surface area contributed by atoms with Crippen LogP contribution in [0.1, 0.15) is 20.7 Å². The van der Waals surface area contributed by atoms with Gasteiger partial charge in [0.15, 0.2) is 0 Å². The summed E-state index contributed by atoms with van der Waals surface area (Å²) in [5, 5.41) is 5.54. The van der Waals surface area contributed by atoms with E-state index in [1.165, 1.54) is 31.6 Å². The second kappa shape index (κ2) is 8.09. The van der Waals surface area contributed by atoms with Crippen molar-refractivity contribution in [3.05, 3.63) is 83.9 Å². The monoisotopic (exact) mass is 365 g/mol. The third-order valence-electron chi connectivity index (χ3n) is 3.73. The summed E-state index contributed by atoms with van der Waals surface area (Å²) in [6.07, 6.45) is 2.86. The normalized spacial score (nSPS) is 10.1. The third-order valence-corrected chi connectivity index (χ3v) is 3.73. The van der Waals surface area contributed by atoms with Crippen LogP contribution in [0.4, 0.5) is 21.5 Å². The summed E-state index contributed by atoms with van der Waals surface area (Å²) in [6, 6.07) is 14.2. The molecule has 0 unspecified atom stereocenters. The van der Waals surface area contributed by atoms with Crippen molar-refractivity contribution in [2.24, 2.45) is 0 Å². The summed E-state index contributed by atoms with van der Waals surface area (Å²) < 4.78 is 18.5. The first kappa shape index (κ1) is 18.1. The summed E-state index contributed by atoms with van der Waals surface area (Å²) >= 11 is 0. The number of anilines is 3. The number of pyridine rings is 1. The zero-order valence-electron chi connectivity index (χ0n) is 14.4. The number of ether oxygens (including phenoxy) is 1. The molecule has 0 fully saturated rings. The molecule has 1 heterocycles. The lowest BCUT2D eigenvalue weighted by molar-refractivity contribution is 0.0602. The number of hydrogen-bond acceptors (Lipinski definition) is 5. The molecule has 2 aromatic carbocycles. The van der Waals surface area contributed by atoms with Crippen LogP contribution in [0.25, 0.3) is 0 Å². The first-order chi connectivity index (χ1) is 13.1. The van der Waals surface area contributed by atoms with Crippen molar-refractivity contribution in [3.63, 3.8) is 0 Å². The van der Waals surface area contributed by atoms with E-state index < -0.39 is 17.7 Å². The number of carbonyl (C=O) groups excluding carboxylic acids is 2. The smallest absolute Gasteiger partial charge is 0.339 e. The largest absolute Gasteiger partial charge is 0.465 e. The topological polar surface area (TPSA) is 80.3 Å². The van der Waals surface area contributed by atoms with Crippen LogP contribution in [0.2, 0.25) is 0 Å². The molecule has 2 N–H and O–H groups in total. The first-order valence-electron chi connectivity index (χ1n) is 8.04. The van der Waals surface area contributed by atoms with Crippen molar-refractivity contribution in [2.45, 2.75) is 0 Å². The Kier molecular flexibility index (Phi) is 5.41. The maximum atomic E-state index is 13.8. The first-order valence-corrected chi connectivity index (χ1v) is 8.04. The summed E-state index contributed by atoms with van der Waals surface area (Å²) in [6.45, 7) is 0. The number of nitrogens with zero attached hydrogens (tertiary/aromatic N) is 1. The fourth-order valence-electron chi connectivity index (χ4n) is 2.43. The Balaban J connectivity index is 1.81. The molecule has 0 atom stereocenters. The van der Waals surface area contributed by atoms with Gasteiger partial charge in [0.1, 0.15) is 5.82 Å². The van der Waals surface area contributed by atoms with E-state index in [-0.39, 0.29) is 16.8 Å². The quantitative estimate of drug-likeness (QED) is 0.668. The van der Waals surface area contributed by atoms with Crippen LogP contribution in [0, 0.1) is 5.82 Å². The van der Waals surface area contributed by atoms with Crippen LogP contribution >= 0.6 is 0 Å². The molecule has 136 valence electrons. The molecule has 3 aromatic rings. The summed E-state index contributed by atoms with van der Waals surface area (Å²) in [5.74, 6) is -1.44. The highest BCUT2D eigenvalue weighted by Gasteiger charge is 2.15. The second-order valence-electron chi connectivity index (χ2n) is 5.56. The Bertz CT molecular complexity index is 991. The Morgan fingerprint density at radius 2 is 1.70 bits per heavy atom. The minimum Gasteiger partial charge on any atom is -0.465 e. The number of benzene rings is 2. The molecule has 0 saturated heterocycles. The van der Waals surface area contributed by atoms with E-state index in [0.717, 1.165) is 0 Å². The lowest BCUT2D eigenvalue weighted by Gasteiger charge is -2.11. The van der Waals surface area contributed by atoms with Gasteiger partial charge in [-0.1, -0.05) is 24.3 Å². The van der Waals surface area contributed by atoms with Gasteiger partial charge in [0, 0.05) is 6.20 Å². The lowest BCUT2D eigenvalue weighted by atomic mass is 10.1. The number of aromatic nitrogens is 1. The Morgan fingerprint density at radius 3 is 2.44 bits per heavy atom. The van der Waals surface area contributed by atoms with Crippen molar-refractivity contribution < 1.29 is 18.7 Å². The van der Waals surface area contributed by atoms with Gasteiger partial charge in [0.25, 0.3) is 5.91 Å². The van der Waals surface area contributed by atoms with Gasteiger partial charge < -0.3 is 15.4 Å². The number of hydrogen-bond donors (Lipinski definition) is 2. The molecule has 0 aliphatic rings. The Hall–Kier alpha value is -3.74. The lowest BCUT2D eigenvalue weighted by Crippen LogP contribution is -2.15. The third kappa shape index (κ3) is 4.27. The number of halogens is 1. The van der Waals surface area contributed by atoms with Crippen LogP contribution in [0.5, 0.6) is 0 Å². The number of methoxy groups -OCH3 is 1. The molecule has 0 spiro atoms. The molecule has 0 saturated carbocycles. The van der Waals surface area contributed by atoms with E-state index in [1.54, 1.807) is 42.5 Å². The molecule has 7 heteroatoms. The number of nitrogens with one attached hydrogen (secondary N) is 2. The minimum absolute atomic E-state index is 0.238. The molecule has 3 rings (SSSR count). The summed E-state index contributed by atoms with van der Waals surface area (Å²) in [5.41, 5.74) is 1.53. The molecular weight excluding hydrogens is 349 g/mol. The van der Waals surface area contributed by atoms with Gasteiger partial charge in [-0.15, -0.1) is 0 Å². The number of carbonyl (C=O) groups is 2. The van der Waals surface area contributed by atoms with Gasteiger partial charge >= 0.3 is 5.97 Å². The van der Waals surface area contributed by atoms with Crippen LogP contribution in [-0.4, -0.2) is 24.0 Å². The van der Waals surface area contributed by atoms with Gasteiger partial charge in [-0.05, 0) is 30.3 Å². The number of para-hydroxylation sites is 2.